The number of ether oxygens (including phenoxy) is 1. The molecule has 4 nitrogen and oxygen atoms in total. The van der Waals surface area contributed by atoms with Gasteiger partial charge in [0.2, 0.25) is 0 Å². The molecule has 0 aromatic heterocycles. The number of nitrogen functional groups attached to an aromatic ring is 1. The van der Waals surface area contributed by atoms with Crippen LogP contribution in [0.1, 0.15) is 11.1 Å². The van der Waals surface area contributed by atoms with Gasteiger partial charge in [0.25, 0.3) is 0 Å². The molecular weight excluding hydrogens is 250 g/mol. The zero-order valence-electron chi connectivity index (χ0n) is 11.6. The Morgan fingerprint density at radius 1 is 1.25 bits per heavy atom. The Morgan fingerprint density at radius 2 is 2.00 bits per heavy atom. The lowest BCUT2D eigenvalue weighted by atomic mass is 10.1. The summed E-state index contributed by atoms with van der Waals surface area (Å²) in [4.78, 5) is 2.01. The van der Waals surface area contributed by atoms with Gasteiger partial charge >= 0.3 is 0 Å². The van der Waals surface area contributed by atoms with E-state index in [1.165, 1.54) is 0 Å². The molecular formula is C16H17N3O. The van der Waals surface area contributed by atoms with E-state index in [2.05, 4.69) is 6.07 Å². The zero-order valence-corrected chi connectivity index (χ0v) is 11.6. The average Bonchev–Trinajstić information content (AvgIpc) is 2.47. The maximum atomic E-state index is 9.20. The Bertz CT molecular complexity index is 646. The molecule has 0 saturated heterocycles. The van der Waals surface area contributed by atoms with Gasteiger partial charge in [0.1, 0.15) is 11.8 Å². The van der Waals surface area contributed by atoms with Gasteiger partial charge in [-0.25, -0.2) is 0 Å². The topological polar surface area (TPSA) is 62.3 Å². The third-order valence-electron chi connectivity index (χ3n) is 3.15. The van der Waals surface area contributed by atoms with E-state index in [0.717, 1.165) is 17.0 Å². The Morgan fingerprint density at radius 3 is 2.70 bits per heavy atom. The van der Waals surface area contributed by atoms with Gasteiger partial charge in [-0.2, -0.15) is 5.26 Å². The monoisotopic (exact) mass is 267 g/mol. The molecule has 2 aromatic carbocycles. The predicted molar refractivity (Wildman–Crippen MR) is 80.7 cm³/mol. The maximum Gasteiger partial charge on any atom is 0.123 e. The van der Waals surface area contributed by atoms with E-state index in [-0.39, 0.29) is 0 Å². The van der Waals surface area contributed by atoms with Crippen LogP contribution in [0.3, 0.4) is 0 Å². The molecule has 0 aliphatic rings. The van der Waals surface area contributed by atoms with Gasteiger partial charge in [-0.3, -0.25) is 0 Å². The first kappa shape index (κ1) is 13.8. The highest BCUT2D eigenvalue weighted by atomic mass is 16.5. The number of para-hydroxylation sites is 1. The predicted octanol–water partition coefficient (Wildman–Crippen LogP) is 2.79. The average molecular weight is 267 g/mol. The minimum Gasteiger partial charge on any atom is -0.496 e. The van der Waals surface area contributed by atoms with Gasteiger partial charge in [-0.1, -0.05) is 18.2 Å². The largest absolute Gasteiger partial charge is 0.496 e. The second-order valence-corrected chi connectivity index (χ2v) is 4.56. The molecule has 0 atom stereocenters. The Balaban J connectivity index is 2.29. The third kappa shape index (κ3) is 2.83. The van der Waals surface area contributed by atoms with Crippen molar-refractivity contribution in [3.8, 4) is 11.8 Å². The minimum absolute atomic E-state index is 0.572. The lowest BCUT2D eigenvalue weighted by molar-refractivity contribution is 0.409. The van der Waals surface area contributed by atoms with Gasteiger partial charge < -0.3 is 15.4 Å². The van der Waals surface area contributed by atoms with E-state index in [9.17, 15) is 5.26 Å². The van der Waals surface area contributed by atoms with Gasteiger partial charge in [0.05, 0.1) is 18.4 Å². The minimum atomic E-state index is 0.572. The molecule has 0 radical (unpaired) electrons. The summed E-state index contributed by atoms with van der Waals surface area (Å²) in [5.41, 5.74) is 8.80. The smallest absolute Gasteiger partial charge is 0.123 e. The molecule has 0 bridgehead atoms. The van der Waals surface area contributed by atoms with E-state index >= 15 is 0 Å². The standard InChI is InChI=1S/C16H17N3O/c1-19(11-12-5-3-4-6-16(12)20-2)15-8-7-14(18)9-13(15)10-17/h3-9H,11,18H2,1-2H3. The van der Waals surface area contributed by atoms with Crippen LogP contribution in [0.4, 0.5) is 11.4 Å². The van der Waals surface area contributed by atoms with Crippen LogP contribution in [0.15, 0.2) is 42.5 Å². The van der Waals surface area contributed by atoms with Crippen molar-refractivity contribution in [2.75, 3.05) is 24.8 Å². The van der Waals surface area contributed by atoms with Crippen LogP contribution in [-0.4, -0.2) is 14.2 Å². The molecule has 2 rings (SSSR count). The molecule has 0 fully saturated rings. The van der Waals surface area contributed by atoms with Crippen LogP contribution in [0, 0.1) is 11.3 Å². The van der Waals surface area contributed by atoms with Gasteiger partial charge in [-0.15, -0.1) is 0 Å². The van der Waals surface area contributed by atoms with E-state index in [0.29, 0.717) is 17.8 Å². The van der Waals surface area contributed by atoms with Crippen LogP contribution in [0.2, 0.25) is 0 Å². The normalized spacial score (nSPS) is 9.85. The highest BCUT2D eigenvalue weighted by Crippen LogP contribution is 2.25. The molecule has 0 unspecified atom stereocenters. The highest BCUT2D eigenvalue weighted by Gasteiger charge is 2.10. The highest BCUT2D eigenvalue weighted by molar-refractivity contribution is 5.64. The Hall–Kier alpha value is -2.67. The fourth-order valence-corrected chi connectivity index (χ4v) is 2.15. The van der Waals surface area contributed by atoms with Crippen molar-refractivity contribution in [2.24, 2.45) is 0 Å². The molecule has 0 saturated carbocycles. The van der Waals surface area contributed by atoms with E-state index in [1.54, 1.807) is 19.2 Å². The van der Waals surface area contributed by atoms with Crippen LogP contribution < -0.4 is 15.4 Å². The molecule has 0 aliphatic heterocycles. The first-order valence-corrected chi connectivity index (χ1v) is 6.28. The molecule has 20 heavy (non-hydrogen) atoms. The summed E-state index contributed by atoms with van der Waals surface area (Å²) in [6.45, 7) is 0.655. The molecule has 4 heteroatoms. The Labute approximate surface area is 119 Å². The third-order valence-corrected chi connectivity index (χ3v) is 3.15. The first-order chi connectivity index (χ1) is 9.65. The lowest BCUT2D eigenvalue weighted by Gasteiger charge is -2.22. The van der Waals surface area contributed by atoms with Crippen molar-refractivity contribution in [3.63, 3.8) is 0 Å². The lowest BCUT2D eigenvalue weighted by Crippen LogP contribution is -2.18. The summed E-state index contributed by atoms with van der Waals surface area (Å²) in [7, 11) is 3.60. The molecule has 102 valence electrons. The van der Waals surface area contributed by atoms with Gasteiger partial charge in [0, 0.05) is 24.8 Å². The summed E-state index contributed by atoms with van der Waals surface area (Å²) in [6, 6.07) is 15.4. The van der Waals surface area contributed by atoms with Crippen LogP contribution in [-0.2, 0) is 6.54 Å². The number of anilines is 2. The van der Waals surface area contributed by atoms with Crippen LogP contribution in [0.25, 0.3) is 0 Å². The van der Waals surface area contributed by atoms with Crippen LogP contribution in [0.5, 0.6) is 5.75 Å². The van der Waals surface area contributed by atoms with E-state index in [1.807, 2.05) is 42.3 Å². The number of nitriles is 1. The van der Waals surface area contributed by atoms with E-state index in [4.69, 9.17) is 10.5 Å². The number of benzene rings is 2. The first-order valence-electron chi connectivity index (χ1n) is 6.28. The molecule has 0 amide bonds. The molecule has 2 N–H and O–H groups in total. The number of hydrogen-bond acceptors (Lipinski definition) is 4. The van der Waals surface area contributed by atoms with Crippen molar-refractivity contribution in [1.29, 1.82) is 5.26 Å². The molecule has 0 spiro atoms. The molecule has 0 heterocycles. The number of methoxy groups -OCH3 is 1. The summed E-state index contributed by atoms with van der Waals surface area (Å²) in [6.07, 6.45) is 0. The van der Waals surface area contributed by atoms with E-state index < -0.39 is 0 Å². The fourth-order valence-electron chi connectivity index (χ4n) is 2.15. The number of rotatable bonds is 4. The number of nitrogens with zero attached hydrogens (tertiary/aromatic N) is 2. The second-order valence-electron chi connectivity index (χ2n) is 4.56. The second kappa shape index (κ2) is 5.98. The van der Waals surface area contributed by atoms with Crippen molar-refractivity contribution in [2.45, 2.75) is 6.54 Å². The summed E-state index contributed by atoms with van der Waals surface area (Å²) >= 11 is 0. The molecule has 0 aliphatic carbocycles. The maximum absolute atomic E-state index is 9.20. The molecule has 2 aromatic rings. The van der Waals surface area contributed by atoms with Crippen molar-refractivity contribution in [3.05, 3.63) is 53.6 Å². The number of nitrogens with two attached hydrogens (primary N) is 1. The summed E-state index contributed by atoms with van der Waals surface area (Å²) in [5.74, 6) is 0.841. The Kier molecular flexibility index (Phi) is 4.11. The fraction of sp³-hybridized carbons (Fsp3) is 0.188. The van der Waals surface area contributed by atoms with Crippen molar-refractivity contribution in [1.82, 2.24) is 0 Å². The van der Waals surface area contributed by atoms with Crippen molar-refractivity contribution < 1.29 is 4.74 Å². The summed E-state index contributed by atoms with van der Waals surface area (Å²) < 4.78 is 5.35. The van der Waals surface area contributed by atoms with Crippen LogP contribution >= 0.6 is 0 Å². The quantitative estimate of drug-likeness (QED) is 0.865. The zero-order chi connectivity index (χ0) is 14.5. The summed E-state index contributed by atoms with van der Waals surface area (Å²) in [5, 5.41) is 9.20. The number of hydrogen-bond donors (Lipinski definition) is 1. The van der Waals surface area contributed by atoms with Gasteiger partial charge in [-0.05, 0) is 24.3 Å². The van der Waals surface area contributed by atoms with Gasteiger partial charge in [0.15, 0.2) is 0 Å². The van der Waals surface area contributed by atoms with Crippen molar-refractivity contribution >= 4 is 11.4 Å². The SMILES string of the molecule is COc1ccccc1CN(C)c1ccc(N)cc1C#N.